The first kappa shape index (κ1) is 9.69. The normalized spacial score (nSPS) is 12.7. The van der Waals surface area contributed by atoms with Gasteiger partial charge in [0.2, 0.25) is 0 Å². The topological polar surface area (TPSA) is 34.1 Å². The molecule has 0 radical (unpaired) electrons. The van der Waals surface area contributed by atoms with Crippen LogP contribution in [0.15, 0.2) is 0 Å². The van der Waals surface area contributed by atoms with Crippen molar-refractivity contribution in [3.05, 3.63) is 0 Å². The molecule has 0 amide bonds. The fourth-order valence-corrected chi connectivity index (χ4v) is 0.672. The van der Waals surface area contributed by atoms with E-state index in [1.165, 1.54) is 6.92 Å². The van der Waals surface area contributed by atoms with Gasteiger partial charge in [0, 0.05) is 12.3 Å². The van der Waals surface area contributed by atoms with E-state index < -0.39 is 0 Å². The van der Waals surface area contributed by atoms with E-state index in [0.29, 0.717) is 12.8 Å². The molecule has 0 spiro atoms. The minimum Gasteiger partial charge on any atom is -0.300 e. The number of Topliss-reactive ketones (excluding diaryl/α,β-unsaturated/α-hetero) is 1. The molecule has 0 aliphatic carbocycles. The molecule has 0 N–H and O–H groups in total. The SMILES string of the molecule is CC(=O)C(C)CCC(=O)S. The number of ketones is 1. The summed E-state index contributed by atoms with van der Waals surface area (Å²) in [5.74, 6) is 0.130. The molecule has 0 aliphatic heterocycles. The van der Waals surface area contributed by atoms with E-state index in [0.717, 1.165) is 0 Å². The minimum atomic E-state index is -0.145. The van der Waals surface area contributed by atoms with Gasteiger partial charge in [-0.1, -0.05) is 6.92 Å². The van der Waals surface area contributed by atoms with Crippen molar-refractivity contribution in [1.82, 2.24) is 0 Å². The number of thiol groups is 1. The maximum atomic E-state index is 10.6. The van der Waals surface area contributed by atoms with Crippen molar-refractivity contribution in [2.24, 2.45) is 5.92 Å². The summed E-state index contributed by atoms with van der Waals surface area (Å²) < 4.78 is 0. The van der Waals surface area contributed by atoms with Gasteiger partial charge in [-0.05, 0) is 13.3 Å². The van der Waals surface area contributed by atoms with Gasteiger partial charge in [0.05, 0.1) is 0 Å². The van der Waals surface area contributed by atoms with Gasteiger partial charge in [-0.3, -0.25) is 9.59 Å². The highest BCUT2D eigenvalue weighted by molar-refractivity contribution is 7.96. The third-order valence-corrected chi connectivity index (χ3v) is 1.71. The van der Waals surface area contributed by atoms with Gasteiger partial charge in [0.15, 0.2) is 5.12 Å². The zero-order valence-corrected chi connectivity index (χ0v) is 7.15. The van der Waals surface area contributed by atoms with Crippen molar-refractivity contribution in [3.8, 4) is 0 Å². The zero-order chi connectivity index (χ0) is 8.15. The molecule has 3 heteroatoms. The van der Waals surface area contributed by atoms with Crippen molar-refractivity contribution in [2.45, 2.75) is 26.7 Å². The molecule has 1 atom stereocenters. The van der Waals surface area contributed by atoms with Crippen LogP contribution >= 0.6 is 12.6 Å². The van der Waals surface area contributed by atoms with Gasteiger partial charge in [0.1, 0.15) is 5.78 Å². The lowest BCUT2D eigenvalue weighted by Gasteiger charge is -2.03. The summed E-state index contributed by atoms with van der Waals surface area (Å²) in [6, 6.07) is 0. The molecule has 2 nitrogen and oxygen atoms in total. The van der Waals surface area contributed by atoms with Gasteiger partial charge in [0.25, 0.3) is 0 Å². The van der Waals surface area contributed by atoms with Gasteiger partial charge < -0.3 is 0 Å². The molecule has 0 rings (SSSR count). The molecular weight excluding hydrogens is 148 g/mol. The zero-order valence-electron chi connectivity index (χ0n) is 6.26. The lowest BCUT2D eigenvalue weighted by molar-refractivity contribution is -0.120. The average Bonchev–Trinajstić information content (AvgIpc) is 1.82. The Morgan fingerprint density at radius 3 is 2.30 bits per heavy atom. The highest BCUT2D eigenvalue weighted by Gasteiger charge is 2.07. The molecule has 0 aromatic rings. The molecule has 1 unspecified atom stereocenters. The summed E-state index contributed by atoms with van der Waals surface area (Å²) in [7, 11) is 0. The maximum Gasteiger partial charge on any atom is 0.185 e. The van der Waals surface area contributed by atoms with Crippen LogP contribution in [0, 0.1) is 5.92 Å². The molecule has 0 saturated heterocycles. The fourth-order valence-electron chi connectivity index (χ4n) is 0.543. The van der Waals surface area contributed by atoms with E-state index in [1.54, 1.807) is 0 Å². The van der Waals surface area contributed by atoms with Gasteiger partial charge in [-0.15, -0.1) is 12.6 Å². The van der Waals surface area contributed by atoms with E-state index >= 15 is 0 Å². The molecule has 0 saturated carbocycles. The quantitative estimate of drug-likeness (QED) is 0.631. The summed E-state index contributed by atoms with van der Waals surface area (Å²) in [5, 5.41) is -0.145. The first-order chi connectivity index (χ1) is 4.54. The molecular formula is C7H12O2S. The second-order valence-corrected chi connectivity index (χ2v) is 2.94. The van der Waals surface area contributed by atoms with E-state index in [9.17, 15) is 9.59 Å². The number of carbonyl (C=O) groups excluding carboxylic acids is 2. The Morgan fingerprint density at radius 2 is 2.00 bits per heavy atom. The number of hydrogen-bond acceptors (Lipinski definition) is 2. The standard InChI is InChI=1S/C7H12O2S/c1-5(6(2)8)3-4-7(9)10/h5H,3-4H2,1-2H3,(H,9,10). The van der Waals surface area contributed by atoms with E-state index in [2.05, 4.69) is 12.6 Å². The first-order valence-corrected chi connectivity index (χ1v) is 3.71. The molecule has 10 heavy (non-hydrogen) atoms. The Morgan fingerprint density at radius 1 is 1.50 bits per heavy atom. The van der Waals surface area contributed by atoms with Crippen molar-refractivity contribution in [2.75, 3.05) is 0 Å². The Kier molecular flexibility index (Phi) is 4.36. The van der Waals surface area contributed by atoms with Gasteiger partial charge in [-0.25, -0.2) is 0 Å². The minimum absolute atomic E-state index is 0.00361. The lowest BCUT2D eigenvalue weighted by atomic mass is 10.0. The van der Waals surface area contributed by atoms with Crippen LogP contribution < -0.4 is 0 Å². The van der Waals surface area contributed by atoms with Crippen molar-refractivity contribution < 1.29 is 9.59 Å². The van der Waals surface area contributed by atoms with E-state index in [4.69, 9.17) is 0 Å². The largest absolute Gasteiger partial charge is 0.300 e. The summed E-state index contributed by atoms with van der Waals surface area (Å²) in [5.41, 5.74) is 0. The number of hydrogen-bond donors (Lipinski definition) is 1. The summed E-state index contributed by atoms with van der Waals surface area (Å²) in [4.78, 5) is 20.9. The van der Waals surface area contributed by atoms with Crippen LogP contribution in [0.2, 0.25) is 0 Å². The number of carbonyl (C=O) groups is 2. The van der Waals surface area contributed by atoms with Crippen LogP contribution in [0.25, 0.3) is 0 Å². The van der Waals surface area contributed by atoms with E-state index in [-0.39, 0.29) is 16.8 Å². The van der Waals surface area contributed by atoms with Gasteiger partial charge in [-0.2, -0.15) is 0 Å². The fraction of sp³-hybridized carbons (Fsp3) is 0.714. The monoisotopic (exact) mass is 160 g/mol. The summed E-state index contributed by atoms with van der Waals surface area (Å²) in [6.07, 6.45) is 1.02. The molecule has 0 fully saturated rings. The van der Waals surface area contributed by atoms with E-state index in [1.807, 2.05) is 6.92 Å². The van der Waals surface area contributed by atoms with Crippen LogP contribution in [0.4, 0.5) is 0 Å². The second-order valence-electron chi connectivity index (χ2n) is 2.44. The van der Waals surface area contributed by atoms with Gasteiger partial charge >= 0.3 is 0 Å². The van der Waals surface area contributed by atoms with Crippen LogP contribution in [0.1, 0.15) is 26.7 Å². The van der Waals surface area contributed by atoms with Crippen LogP contribution in [0.5, 0.6) is 0 Å². The highest BCUT2D eigenvalue weighted by Crippen LogP contribution is 2.07. The Hall–Kier alpha value is -0.310. The van der Waals surface area contributed by atoms with Crippen LogP contribution in [0.3, 0.4) is 0 Å². The molecule has 0 bridgehead atoms. The van der Waals surface area contributed by atoms with Crippen LogP contribution in [-0.4, -0.2) is 10.9 Å². The Labute approximate surface area is 66.4 Å². The number of rotatable bonds is 4. The first-order valence-electron chi connectivity index (χ1n) is 3.26. The average molecular weight is 160 g/mol. The maximum absolute atomic E-state index is 10.6. The van der Waals surface area contributed by atoms with Crippen molar-refractivity contribution >= 4 is 23.5 Å². The third kappa shape index (κ3) is 4.56. The molecule has 0 aliphatic rings. The predicted octanol–water partition coefficient (Wildman–Crippen LogP) is 1.45. The summed E-state index contributed by atoms with van der Waals surface area (Å²) >= 11 is 3.59. The Balaban J connectivity index is 3.49. The summed E-state index contributed by atoms with van der Waals surface area (Å²) in [6.45, 7) is 3.35. The lowest BCUT2D eigenvalue weighted by Crippen LogP contribution is -2.06. The smallest absolute Gasteiger partial charge is 0.185 e. The Bertz CT molecular complexity index is 143. The molecule has 0 aromatic heterocycles. The highest BCUT2D eigenvalue weighted by atomic mass is 32.1. The predicted molar refractivity (Wildman–Crippen MR) is 43.1 cm³/mol. The molecule has 0 aromatic carbocycles. The van der Waals surface area contributed by atoms with Crippen molar-refractivity contribution in [1.29, 1.82) is 0 Å². The van der Waals surface area contributed by atoms with Crippen molar-refractivity contribution in [3.63, 3.8) is 0 Å². The van der Waals surface area contributed by atoms with Crippen LogP contribution in [-0.2, 0) is 9.59 Å². The molecule has 0 heterocycles. The molecule has 58 valence electrons. The third-order valence-electron chi connectivity index (χ3n) is 1.49. The second kappa shape index (κ2) is 4.50.